The highest BCUT2D eigenvalue weighted by Gasteiger charge is 2.17. The molecule has 0 unspecified atom stereocenters. The molecule has 1 saturated heterocycles. The molecule has 2 aliphatic rings. The van der Waals surface area contributed by atoms with Gasteiger partial charge in [0.15, 0.2) is 11.5 Å². The summed E-state index contributed by atoms with van der Waals surface area (Å²) in [5.41, 5.74) is 6.40. The number of aromatic nitrogens is 1. The largest absolute Gasteiger partial charge is 0.486 e. The minimum atomic E-state index is 0.563. The molecule has 0 amide bonds. The van der Waals surface area contributed by atoms with E-state index in [1.165, 1.54) is 0 Å². The van der Waals surface area contributed by atoms with Crippen LogP contribution < -0.4 is 9.47 Å². The molecule has 5 rings (SSSR count). The Balaban J connectivity index is 1.44. The molecule has 3 heterocycles. The Labute approximate surface area is 187 Å². The minimum absolute atomic E-state index is 0.563. The molecular formula is C25H25ClN2O3. The maximum absolute atomic E-state index is 6.59. The average Bonchev–Trinajstić information content (AvgIpc) is 2.81. The van der Waals surface area contributed by atoms with Crippen molar-refractivity contribution in [2.75, 3.05) is 39.5 Å². The van der Waals surface area contributed by atoms with Gasteiger partial charge in [0.05, 0.1) is 18.9 Å². The van der Waals surface area contributed by atoms with Gasteiger partial charge < -0.3 is 14.2 Å². The van der Waals surface area contributed by atoms with Gasteiger partial charge in [-0.25, -0.2) is 4.98 Å². The maximum atomic E-state index is 6.59. The van der Waals surface area contributed by atoms with E-state index in [4.69, 9.17) is 30.8 Å². The van der Waals surface area contributed by atoms with Crippen LogP contribution in [0.15, 0.2) is 48.5 Å². The van der Waals surface area contributed by atoms with E-state index >= 15 is 0 Å². The summed E-state index contributed by atoms with van der Waals surface area (Å²) in [6.07, 6.45) is 0. The van der Waals surface area contributed by atoms with Crippen molar-refractivity contribution in [3.05, 3.63) is 64.8 Å². The molecule has 0 spiro atoms. The van der Waals surface area contributed by atoms with Crippen LogP contribution in [-0.4, -0.2) is 49.4 Å². The highest BCUT2D eigenvalue weighted by atomic mass is 35.5. The van der Waals surface area contributed by atoms with Crippen LogP contribution in [0.1, 0.15) is 11.1 Å². The van der Waals surface area contributed by atoms with Crippen LogP contribution in [0.2, 0.25) is 5.15 Å². The number of rotatable bonds is 4. The Morgan fingerprint density at radius 1 is 0.903 bits per heavy atom. The van der Waals surface area contributed by atoms with Crippen LogP contribution in [0.5, 0.6) is 11.5 Å². The molecule has 1 fully saturated rings. The molecular weight excluding hydrogens is 412 g/mol. The molecule has 5 nitrogen and oxygen atoms in total. The van der Waals surface area contributed by atoms with E-state index in [1.807, 2.05) is 12.1 Å². The Hall–Kier alpha value is -2.60. The quantitative estimate of drug-likeness (QED) is 0.539. The summed E-state index contributed by atoms with van der Waals surface area (Å²) < 4.78 is 16.9. The Kier molecular flexibility index (Phi) is 5.81. The third-order valence-electron chi connectivity index (χ3n) is 5.89. The zero-order chi connectivity index (χ0) is 21.2. The van der Waals surface area contributed by atoms with Crippen molar-refractivity contribution in [1.82, 2.24) is 9.88 Å². The standard InChI is InChI=1S/C25H25ClN2O3/c1-17-20(18-6-8-23-24(15-18)31-14-13-30-23)3-2-4-21(17)22-7-5-19(25(26)27-22)16-28-9-11-29-12-10-28/h2-8,15H,9-14,16H2,1H3. The van der Waals surface area contributed by atoms with E-state index in [0.29, 0.717) is 18.4 Å². The lowest BCUT2D eigenvalue weighted by molar-refractivity contribution is 0.0341. The SMILES string of the molecule is Cc1c(-c2ccc3c(c2)OCCO3)cccc1-c1ccc(CN2CCOCC2)c(Cl)n1. The number of benzene rings is 2. The normalized spacial score (nSPS) is 16.3. The van der Waals surface area contributed by atoms with Crippen molar-refractivity contribution in [2.24, 2.45) is 0 Å². The van der Waals surface area contributed by atoms with Crippen molar-refractivity contribution >= 4 is 11.6 Å². The van der Waals surface area contributed by atoms with Crippen LogP contribution in [0.25, 0.3) is 22.4 Å². The molecule has 0 radical (unpaired) electrons. The first-order valence-corrected chi connectivity index (χ1v) is 11.0. The van der Waals surface area contributed by atoms with E-state index in [1.54, 1.807) is 0 Å². The summed E-state index contributed by atoms with van der Waals surface area (Å²) in [5, 5.41) is 0.563. The molecule has 2 aliphatic heterocycles. The van der Waals surface area contributed by atoms with Gasteiger partial charge >= 0.3 is 0 Å². The number of nitrogens with zero attached hydrogens (tertiary/aromatic N) is 2. The lowest BCUT2D eigenvalue weighted by Gasteiger charge is -2.26. The molecule has 6 heteroatoms. The summed E-state index contributed by atoms with van der Waals surface area (Å²) in [4.78, 5) is 7.08. The topological polar surface area (TPSA) is 43.8 Å². The fourth-order valence-corrected chi connectivity index (χ4v) is 4.38. The van der Waals surface area contributed by atoms with Crippen LogP contribution in [0.3, 0.4) is 0 Å². The molecule has 0 atom stereocenters. The van der Waals surface area contributed by atoms with Gasteiger partial charge in [-0.15, -0.1) is 0 Å². The second-order valence-electron chi connectivity index (χ2n) is 7.87. The molecule has 160 valence electrons. The Morgan fingerprint density at radius 3 is 2.48 bits per heavy atom. The number of hydrogen-bond donors (Lipinski definition) is 0. The van der Waals surface area contributed by atoms with Crippen LogP contribution in [0.4, 0.5) is 0 Å². The van der Waals surface area contributed by atoms with Gasteiger partial charge in [-0.1, -0.05) is 41.9 Å². The zero-order valence-corrected chi connectivity index (χ0v) is 18.3. The first kappa shape index (κ1) is 20.3. The number of halogens is 1. The fourth-order valence-electron chi connectivity index (χ4n) is 4.17. The molecule has 2 aromatic carbocycles. The van der Waals surface area contributed by atoms with Gasteiger partial charge in [0.2, 0.25) is 0 Å². The average molecular weight is 437 g/mol. The number of morpholine rings is 1. The molecule has 0 bridgehead atoms. The second kappa shape index (κ2) is 8.87. The molecule has 0 aliphatic carbocycles. The van der Waals surface area contributed by atoms with Crippen LogP contribution >= 0.6 is 11.6 Å². The summed E-state index contributed by atoms with van der Waals surface area (Å²) in [6, 6.07) is 16.5. The van der Waals surface area contributed by atoms with E-state index < -0.39 is 0 Å². The van der Waals surface area contributed by atoms with Gasteiger partial charge in [0.1, 0.15) is 18.4 Å². The van der Waals surface area contributed by atoms with Crippen molar-refractivity contribution in [1.29, 1.82) is 0 Å². The lowest BCUT2D eigenvalue weighted by Crippen LogP contribution is -2.35. The predicted molar refractivity (Wildman–Crippen MR) is 122 cm³/mol. The first-order chi connectivity index (χ1) is 15.2. The predicted octanol–water partition coefficient (Wildman–Crippen LogP) is 4.98. The highest BCUT2D eigenvalue weighted by molar-refractivity contribution is 6.30. The number of hydrogen-bond acceptors (Lipinski definition) is 5. The van der Waals surface area contributed by atoms with Crippen molar-refractivity contribution in [2.45, 2.75) is 13.5 Å². The minimum Gasteiger partial charge on any atom is -0.486 e. The van der Waals surface area contributed by atoms with Gasteiger partial charge in [-0.3, -0.25) is 4.90 Å². The summed E-state index contributed by atoms with van der Waals surface area (Å²) in [6.45, 7) is 7.49. The fraction of sp³-hybridized carbons (Fsp3) is 0.320. The summed E-state index contributed by atoms with van der Waals surface area (Å²) >= 11 is 6.59. The maximum Gasteiger partial charge on any atom is 0.161 e. The van der Waals surface area contributed by atoms with Gasteiger partial charge in [-0.2, -0.15) is 0 Å². The second-order valence-corrected chi connectivity index (χ2v) is 8.23. The molecule has 1 aromatic heterocycles. The smallest absolute Gasteiger partial charge is 0.161 e. The Morgan fingerprint density at radius 2 is 1.68 bits per heavy atom. The van der Waals surface area contributed by atoms with E-state index in [2.05, 4.69) is 48.2 Å². The monoisotopic (exact) mass is 436 g/mol. The first-order valence-electron chi connectivity index (χ1n) is 10.6. The van der Waals surface area contributed by atoms with Crippen LogP contribution in [-0.2, 0) is 11.3 Å². The molecule has 0 N–H and O–H groups in total. The van der Waals surface area contributed by atoms with E-state index in [9.17, 15) is 0 Å². The number of fused-ring (bicyclic) bond motifs is 1. The van der Waals surface area contributed by atoms with Crippen LogP contribution in [0, 0.1) is 6.92 Å². The molecule has 31 heavy (non-hydrogen) atoms. The van der Waals surface area contributed by atoms with Crippen molar-refractivity contribution < 1.29 is 14.2 Å². The summed E-state index contributed by atoms with van der Waals surface area (Å²) in [5.74, 6) is 1.59. The third-order valence-corrected chi connectivity index (χ3v) is 6.21. The van der Waals surface area contributed by atoms with Gasteiger partial charge in [0.25, 0.3) is 0 Å². The zero-order valence-electron chi connectivity index (χ0n) is 17.6. The summed E-state index contributed by atoms with van der Waals surface area (Å²) in [7, 11) is 0. The third kappa shape index (κ3) is 4.26. The van der Waals surface area contributed by atoms with E-state index in [-0.39, 0.29) is 0 Å². The van der Waals surface area contributed by atoms with Crippen molar-refractivity contribution in [3.8, 4) is 33.9 Å². The molecule has 3 aromatic rings. The lowest BCUT2D eigenvalue weighted by atomic mass is 9.94. The molecule has 0 saturated carbocycles. The number of ether oxygens (including phenoxy) is 3. The van der Waals surface area contributed by atoms with Gasteiger partial charge in [0, 0.05) is 30.8 Å². The highest BCUT2D eigenvalue weighted by Crippen LogP contribution is 2.37. The van der Waals surface area contributed by atoms with Crippen molar-refractivity contribution in [3.63, 3.8) is 0 Å². The number of pyridine rings is 1. The Bertz CT molecular complexity index is 1100. The van der Waals surface area contributed by atoms with Gasteiger partial charge in [-0.05, 0) is 41.8 Å². The van der Waals surface area contributed by atoms with E-state index in [0.717, 1.165) is 77.9 Å².